The van der Waals surface area contributed by atoms with Crippen LogP contribution in [0, 0.1) is 6.92 Å². The molecule has 0 radical (unpaired) electrons. The highest BCUT2D eigenvalue weighted by molar-refractivity contribution is 7.89. The maximum absolute atomic E-state index is 12.7. The van der Waals surface area contributed by atoms with E-state index in [-0.39, 0.29) is 26.5 Å². The van der Waals surface area contributed by atoms with E-state index in [1.807, 2.05) is 0 Å². The number of nitrogens with one attached hydrogen (secondary N) is 2. The third-order valence-corrected chi connectivity index (χ3v) is 6.66. The summed E-state index contributed by atoms with van der Waals surface area (Å²) in [6.07, 6.45) is 3.55. The number of hydrogen-bond donors (Lipinski definition) is 2. The number of sulfonamides is 1. The zero-order valence-electron chi connectivity index (χ0n) is 14.6. The Hall–Kier alpha value is -1.67. The molecule has 1 aliphatic carbocycles. The van der Waals surface area contributed by atoms with Gasteiger partial charge in [0, 0.05) is 11.7 Å². The molecule has 1 aromatic carbocycles. The minimum atomic E-state index is -3.86. The van der Waals surface area contributed by atoms with Gasteiger partial charge in [-0.05, 0) is 44.0 Å². The molecule has 0 atom stereocenters. The highest BCUT2D eigenvalue weighted by Crippen LogP contribution is 2.30. The number of pyridine rings is 1. The molecule has 0 spiro atoms. The molecule has 1 aromatic heterocycles. The molecule has 3 rings (SSSR count). The van der Waals surface area contributed by atoms with Gasteiger partial charge in [0.15, 0.2) is 0 Å². The molecule has 1 fully saturated rings. The molecule has 1 saturated carbocycles. The number of carbonyl (C=O) groups excluding carboxylic acids is 1. The number of hydrogen-bond acceptors (Lipinski definition) is 4. The Kier molecular flexibility index (Phi) is 6.05. The Morgan fingerprint density at radius 2 is 1.85 bits per heavy atom. The van der Waals surface area contributed by atoms with Crippen molar-refractivity contribution < 1.29 is 13.2 Å². The van der Waals surface area contributed by atoms with Crippen molar-refractivity contribution in [3.05, 3.63) is 51.6 Å². The molecule has 2 N–H and O–H groups in total. The van der Waals surface area contributed by atoms with Crippen LogP contribution in [0.25, 0.3) is 0 Å². The van der Waals surface area contributed by atoms with Crippen LogP contribution >= 0.6 is 23.2 Å². The van der Waals surface area contributed by atoms with Crippen molar-refractivity contribution in [2.75, 3.05) is 5.32 Å². The van der Waals surface area contributed by atoms with Crippen LogP contribution in [-0.4, -0.2) is 25.4 Å². The summed E-state index contributed by atoms with van der Waals surface area (Å²) >= 11 is 12.2. The van der Waals surface area contributed by atoms with E-state index in [9.17, 15) is 13.2 Å². The molecular formula is C18H19Cl2N3O3S. The molecule has 1 aliphatic rings. The van der Waals surface area contributed by atoms with Crippen LogP contribution in [-0.2, 0) is 10.0 Å². The third-order valence-electron chi connectivity index (χ3n) is 4.36. The van der Waals surface area contributed by atoms with Gasteiger partial charge in [0.2, 0.25) is 10.0 Å². The molecule has 6 nitrogen and oxygen atoms in total. The average molecular weight is 428 g/mol. The molecule has 1 amide bonds. The fourth-order valence-electron chi connectivity index (χ4n) is 3.03. The largest absolute Gasteiger partial charge is 0.307 e. The van der Waals surface area contributed by atoms with Crippen LogP contribution < -0.4 is 10.0 Å². The summed E-state index contributed by atoms with van der Waals surface area (Å²) < 4.78 is 28.1. The Morgan fingerprint density at radius 3 is 2.52 bits per heavy atom. The quantitative estimate of drug-likeness (QED) is 0.748. The number of amides is 1. The van der Waals surface area contributed by atoms with Crippen LogP contribution in [0.1, 0.15) is 41.7 Å². The molecule has 144 valence electrons. The normalized spacial score (nSPS) is 15.1. The minimum absolute atomic E-state index is 0.0103. The molecule has 27 heavy (non-hydrogen) atoms. The molecule has 0 unspecified atom stereocenters. The lowest BCUT2D eigenvalue weighted by molar-refractivity contribution is 0.102. The number of nitrogens with zero attached hydrogens (tertiary/aromatic N) is 1. The first kappa shape index (κ1) is 20.1. The number of rotatable bonds is 5. The number of anilines is 1. The zero-order chi connectivity index (χ0) is 19.6. The monoisotopic (exact) mass is 427 g/mol. The number of aromatic nitrogens is 1. The lowest BCUT2D eigenvalue weighted by Gasteiger charge is -2.15. The fourth-order valence-corrected chi connectivity index (χ4v) is 5.20. The molecule has 0 aliphatic heterocycles. The Balaban J connectivity index is 1.90. The van der Waals surface area contributed by atoms with Crippen molar-refractivity contribution >= 4 is 45.0 Å². The van der Waals surface area contributed by atoms with Gasteiger partial charge in [0.05, 0.1) is 15.6 Å². The van der Waals surface area contributed by atoms with Crippen LogP contribution in [0.3, 0.4) is 0 Å². The average Bonchev–Trinajstić information content (AvgIpc) is 3.06. The standard InChI is InChI=1S/C18H19Cl2N3O3S/c1-11-5-4-8-17(21-11)22-18(24)13-9-16(15(20)10-14(13)19)27(25,26)23-12-6-2-3-7-12/h4-5,8-10,12,23H,2-3,6-7H2,1H3,(H,21,22,24). The molecule has 9 heteroatoms. The minimum Gasteiger partial charge on any atom is -0.307 e. The molecule has 0 saturated heterocycles. The third kappa shape index (κ3) is 4.79. The second kappa shape index (κ2) is 8.14. The molecule has 0 bridgehead atoms. The van der Waals surface area contributed by atoms with E-state index in [2.05, 4.69) is 15.0 Å². The second-order valence-electron chi connectivity index (χ2n) is 6.48. The predicted molar refractivity (Wildman–Crippen MR) is 106 cm³/mol. The van der Waals surface area contributed by atoms with Gasteiger partial charge in [0.1, 0.15) is 10.7 Å². The Labute approximate surface area is 168 Å². The predicted octanol–water partition coefficient (Wildman–Crippen LogP) is 4.17. The highest BCUT2D eigenvalue weighted by atomic mass is 35.5. The van der Waals surface area contributed by atoms with Crippen LogP contribution in [0.15, 0.2) is 35.2 Å². The van der Waals surface area contributed by atoms with E-state index in [1.54, 1.807) is 25.1 Å². The van der Waals surface area contributed by atoms with E-state index in [4.69, 9.17) is 23.2 Å². The lowest BCUT2D eigenvalue weighted by Crippen LogP contribution is -2.33. The van der Waals surface area contributed by atoms with Crippen molar-refractivity contribution in [3.8, 4) is 0 Å². The maximum atomic E-state index is 12.7. The fraction of sp³-hybridized carbons (Fsp3) is 0.333. The molecule has 2 aromatic rings. The lowest BCUT2D eigenvalue weighted by atomic mass is 10.2. The van der Waals surface area contributed by atoms with Crippen molar-refractivity contribution in [1.82, 2.24) is 9.71 Å². The Bertz CT molecular complexity index is 974. The van der Waals surface area contributed by atoms with Gasteiger partial charge in [-0.3, -0.25) is 4.79 Å². The first-order valence-electron chi connectivity index (χ1n) is 8.52. The SMILES string of the molecule is Cc1cccc(NC(=O)c2cc(S(=O)(=O)NC3CCCC3)c(Cl)cc2Cl)n1. The summed E-state index contributed by atoms with van der Waals surface area (Å²) in [5.74, 6) is -0.216. The van der Waals surface area contributed by atoms with E-state index >= 15 is 0 Å². The summed E-state index contributed by atoms with van der Waals surface area (Å²) in [5, 5.41) is 2.65. The van der Waals surface area contributed by atoms with Gasteiger partial charge in [0.25, 0.3) is 5.91 Å². The highest BCUT2D eigenvalue weighted by Gasteiger charge is 2.27. The van der Waals surface area contributed by atoms with E-state index < -0.39 is 15.9 Å². The summed E-state index contributed by atoms with van der Waals surface area (Å²) in [6, 6.07) is 7.54. The smallest absolute Gasteiger partial charge is 0.258 e. The summed E-state index contributed by atoms with van der Waals surface area (Å²) in [7, 11) is -3.86. The molecular weight excluding hydrogens is 409 g/mol. The summed E-state index contributed by atoms with van der Waals surface area (Å²) in [4.78, 5) is 16.6. The number of benzene rings is 1. The molecule has 1 heterocycles. The van der Waals surface area contributed by atoms with Gasteiger partial charge >= 0.3 is 0 Å². The van der Waals surface area contributed by atoms with Gasteiger partial charge in [-0.25, -0.2) is 18.1 Å². The second-order valence-corrected chi connectivity index (χ2v) is 8.98. The van der Waals surface area contributed by atoms with Crippen LogP contribution in [0.4, 0.5) is 5.82 Å². The first-order valence-corrected chi connectivity index (χ1v) is 10.8. The summed E-state index contributed by atoms with van der Waals surface area (Å²) in [5.41, 5.74) is 0.746. The number of carbonyl (C=O) groups is 1. The number of halogens is 2. The summed E-state index contributed by atoms with van der Waals surface area (Å²) in [6.45, 7) is 1.80. The van der Waals surface area contributed by atoms with E-state index in [0.29, 0.717) is 5.82 Å². The van der Waals surface area contributed by atoms with E-state index in [1.165, 1.54) is 12.1 Å². The maximum Gasteiger partial charge on any atom is 0.258 e. The van der Waals surface area contributed by atoms with Crippen molar-refractivity contribution in [3.63, 3.8) is 0 Å². The topological polar surface area (TPSA) is 88.2 Å². The zero-order valence-corrected chi connectivity index (χ0v) is 17.0. The van der Waals surface area contributed by atoms with Gasteiger partial charge < -0.3 is 5.32 Å². The van der Waals surface area contributed by atoms with Crippen LogP contribution in [0.2, 0.25) is 10.0 Å². The van der Waals surface area contributed by atoms with Gasteiger partial charge in [-0.2, -0.15) is 0 Å². The Morgan fingerprint density at radius 1 is 1.15 bits per heavy atom. The number of aryl methyl sites for hydroxylation is 1. The van der Waals surface area contributed by atoms with Gasteiger partial charge in [-0.15, -0.1) is 0 Å². The van der Waals surface area contributed by atoms with Gasteiger partial charge in [-0.1, -0.05) is 42.1 Å². The van der Waals surface area contributed by atoms with Crippen molar-refractivity contribution in [2.45, 2.75) is 43.5 Å². The van der Waals surface area contributed by atoms with Crippen molar-refractivity contribution in [1.29, 1.82) is 0 Å². The van der Waals surface area contributed by atoms with E-state index in [0.717, 1.165) is 31.4 Å². The van der Waals surface area contributed by atoms with Crippen molar-refractivity contribution in [2.24, 2.45) is 0 Å². The first-order chi connectivity index (χ1) is 12.8. The van der Waals surface area contributed by atoms with Crippen LogP contribution in [0.5, 0.6) is 0 Å².